The molecular formula is C23H21F4N5O. The normalized spacial score (nSPS) is 24.8. The Kier molecular flexibility index (Phi) is 5.38. The molecule has 6 nitrogen and oxygen atoms in total. The Labute approximate surface area is 187 Å². The van der Waals surface area contributed by atoms with Crippen molar-refractivity contribution in [1.82, 2.24) is 19.9 Å². The first-order valence-electron chi connectivity index (χ1n) is 10.7. The van der Waals surface area contributed by atoms with Crippen LogP contribution in [0.3, 0.4) is 0 Å². The minimum absolute atomic E-state index is 0.160. The van der Waals surface area contributed by atoms with Crippen molar-refractivity contribution in [3.8, 4) is 11.3 Å². The minimum atomic E-state index is -4.61. The average molecular weight is 459 g/mol. The lowest BCUT2D eigenvalue weighted by molar-refractivity contribution is -0.166. The number of rotatable bonds is 3. The van der Waals surface area contributed by atoms with Crippen LogP contribution in [0, 0.1) is 5.92 Å². The maximum absolute atomic E-state index is 14.5. The zero-order valence-electron chi connectivity index (χ0n) is 17.5. The van der Waals surface area contributed by atoms with Crippen molar-refractivity contribution in [2.45, 2.75) is 44.1 Å². The van der Waals surface area contributed by atoms with Gasteiger partial charge in [0.1, 0.15) is 24.1 Å². The average Bonchev–Trinajstić information content (AvgIpc) is 3.22. The van der Waals surface area contributed by atoms with Crippen LogP contribution >= 0.6 is 0 Å². The number of allylic oxidation sites excluding steroid dienone is 2. The topological polar surface area (TPSA) is 63.4 Å². The second-order valence-corrected chi connectivity index (χ2v) is 8.50. The Morgan fingerprint density at radius 1 is 1.15 bits per heavy atom. The first-order valence-corrected chi connectivity index (χ1v) is 10.7. The number of nitrogens with zero attached hydrogens (tertiary/aromatic N) is 5. The number of aliphatic imine (C=N–C) groups is 1. The number of fused-ring (bicyclic) bond motifs is 2. The molecule has 1 amide bonds. The van der Waals surface area contributed by atoms with Crippen molar-refractivity contribution < 1.29 is 22.4 Å². The number of carbonyl (C=O) groups excluding carboxylic acids is 1. The minimum Gasteiger partial charge on any atom is -0.325 e. The number of hydrogen-bond donors (Lipinski definition) is 0. The molecule has 172 valence electrons. The summed E-state index contributed by atoms with van der Waals surface area (Å²) in [6.45, 7) is -0.829. The fraction of sp³-hybridized carbons (Fsp3) is 0.391. The Balaban J connectivity index is 1.46. The van der Waals surface area contributed by atoms with Crippen LogP contribution in [0.5, 0.6) is 0 Å². The molecule has 3 heterocycles. The van der Waals surface area contributed by atoms with Gasteiger partial charge in [0, 0.05) is 24.1 Å². The van der Waals surface area contributed by atoms with Crippen LogP contribution in [-0.4, -0.2) is 50.8 Å². The molecule has 0 bridgehead atoms. The molecule has 2 aromatic rings. The third-order valence-corrected chi connectivity index (χ3v) is 6.39. The molecule has 0 saturated carbocycles. The molecule has 1 aromatic heterocycles. The van der Waals surface area contributed by atoms with E-state index in [9.17, 15) is 22.4 Å². The van der Waals surface area contributed by atoms with E-state index in [1.54, 1.807) is 6.20 Å². The lowest BCUT2D eigenvalue weighted by Crippen LogP contribution is -2.49. The van der Waals surface area contributed by atoms with Crippen molar-refractivity contribution in [3.63, 3.8) is 0 Å². The lowest BCUT2D eigenvalue weighted by atomic mass is 9.89. The molecule has 0 spiro atoms. The van der Waals surface area contributed by atoms with Gasteiger partial charge in [-0.05, 0) is 36.1 Å². The molecule has 5 rings (SSSR count). The van der Waals surface area contributed by atoms with Gasteiger partial charge in [-0.2, -0.15) is 13.2 Å². The molecule has 2 aliphatic heterocycles. The Morgan fingerprint density at radius 3 is 2.82 bits per heavy atom. The molecular weight excluding hydrogens is 438 g/mol. The van der Waals surface area contributed by atoms with Gasteiger partial charge in [0.05, 0.1) is 18.8 Å². The summed E-state index contributed by atoms with van der Waals surface area (Å²) < 4.78 is 55.8. The van der Waals surface area contributed by atoms with Crippen molar-refractivity contribution >= 4 is 12.1 Å². The predicted molar refractivity (Wildman–Crippen MR) is 113 cm³/mol. The van der Waals surface area contributed by atoms with E-state index in [4.69, 9.17) is 0 Å². The highest BCUT2D eigenvalue weighted by molar-refractivity contribution is 5.81. The highest BCUT2D eigenvalue weighted by Gasteiger charge is 2.45. The number of carbonyl (C=O) groups is 1. The molecule has 1 aliphatic carbocycles. The molecule has 33 heavy (non-hydrogen) atoms. The molecule has 0 N–H and O–H groups in total. The van der Waals surface area contributed by atoms with E-state index < -0.39 is 42.5 Å². The van der Waals surface area contributed by atoms with E-state index in [0.717, 1.165) is 21.6 Å². The van der Waals surface area contributed by atoms with Gasteiger partial charge < -0.3 is 4.90 Å². The zero-order chi connectivity index (χ0) is 23.2. The number of alkyl halides is 3. The van der Waals surface area contributed by atoms with Crippen LogP contribution in [0.15, 0.2) is 53.4 Å². The number of halogens is 4. The van der Waals surface area contributed by atoms with E-state index in [2.05, 4.69) is 15.3 Å². The van der Waals surface area contributed by atoms with Gasteiger partial charge >= 0.3 is 6.18 Å². The maximum Gasteiger partial charge on any atom is 0.406 e. The summed E-state index contributed by atoms with van der Waals surface area (Å²) in [5.41, 5.74) is 3.57. The summed E-state index contributed by atoms with van der Waals surface area (Å²) >= 11 is 0. The number of hydrogen-bond acceptors (Lipinski definition) is 4. The van der Waals surface area contributed by atoms with E-state index in [0.29, 0.717) is 18.7 Å². The highest BCUT2D eigenvalue weighted by atomic mass is 19.4. The van der Waals surface area contributed by atoms with Crippen LogP contribution in [-0.2, 0) is 17.8 Å². The zero-order valence-corrected chi connectivity index (χ0v) is 17.5. The van der Waals surface area contributed by atoms with Gasteiger partial charge in [0.15, 0.2) is 0 Å². The summed E-state index contributed by atoms with van der Waals surface area (Å²) in [6.07, 6.45) is 3.97. The Bertz CT molecular complexity index is 1170. The standard InChI is InChI=1S/C23H21F4N5O/c24-18-2-1-3-20-17(18)6-7-21(22(33)31(20)13-23(25,26)27)32-12-19(29-30-32)15-4-5-16-11-28-9-8-14(16)10-15/h1-5,9-10,12,17,20-21H,6-8,11,13H2. The number of benzene rings is 1. The Hall–Kier alpha value is -3.30. The van der Waals surface area contributed by atoms with Crippen LogP contribution in [0.4, 0.5) is 17.6 Å². The van der Waals surface area contributed by atoms with Crippen LogP contribution in [0.1, 0.15) is 30.0 Å². The SMILES string of the molecule is O=C1C(n2cc(-c3ccc4c(c3)CC=NC4)nn2)CCC2C(F)=CC=CC2N1CC(F)(F)F. The molecule has 10 heteroatoms. The third-order valence-electron chi connectivity index (χ3n) is 6.39. The fourth-order valence-electron chi connectivity index (χ4n) is 4.75. The largest absolute Gasteiger partial charge is 0.406 e. The molecule has 3 atom stereocenters. The summed E-state index contributed by atoms with van der Waals surface area (Å²) in [5.74, 6) is -2.06. The van der Waals surface area contributed by atoms with Gasteiger partial charge in [-0.3, -0.25) is 9.79 Å². The summed E-state index contributed by atoms with van der Waals surface area (Å²) in [5, 5.41) is 8.24. The quantitative estimate of drug-likeness (QED) is 0.647. The molecule has 3 aliphatic rings. The van der Waals surface area contributed by atoms with Gasteiger partial charge in [0.25, 0.3) is 0 Å². The van der Waals surface area contributed by atoms with Gasteiger partial charge in [-0.1, -0.05) is 29.5 Å². The van der Waals surface area contributed by atoms with E-state index >= 15 is 0 Å². The van der Waals surface area contributed by atoms with Crippen molar-refractivity contribution in [1.29, 1.82) is 0 Å². The van der Waals surface area contributed by atoms with Crippen LogP contribution in [0.25, 0.3) is 11.3 Å². The summed E-state index contributed by atoms with van der Waals surface area (Å²) in [6, 6.07) is 3.86. The molecule has 1 aromatic carbocycles. The Morgan fingerprint density at radius 2 is 2.00 bits per heavy atom. The first kappa shape index (κ1) is 21.5. The summed E-state index contributed by atoms with van der Waals surface area (Å²) in [4.78, 5) is 18.3. The molecule has 3 unspecified atom stereocenters. The predicted octanol–water partition coefficient (Wildman–Crippen LogP) is 4.21. The third kappa shape index (κ3) is 4.21. The second-order valence-electron chi connectivity index (χ2n) is 8.50. The highest BCUT2D eigenvalue weighted by Crippen LogP contribution is 2.38. The van der Waals surface area contributed by atoms with Crippen LogP contribution in [0.2, 0.25) is 0 Å². The lowest BCUT2D eigenvalue weighted by Gasteiger charge is -2.35. The fourth-order valence-corrected chi connectivity index (χ4v) is 4.75. The number of amides is 1. The van der Waals surface area contributed by atoms with Crippen molar-refractivity contribution in [3.05, 3.63) is 59.6 Å². The van der Waals surface area contributed by atoms with Crippen molar-refractivity contribution in [2.24, 2.45) is 10.9 Å². The van der Waals surface area contributed by atoms with Gasteiger partial charge in [0.2, 0.25) is 5.91 Å². The van der Waals surface area contributed by atoms with E-state index in [1.165, 1.54) is 22.9 Å². The van der Waals surface area contributed by atoms with E-state index in [-0.39, 0.29) is 12.8 Å². The first-order chi connectivity index (χ1) is 15.8. The summed E-state index contributed by atoms with van der Waals surface area (Å²) in [7, 11) is 0. The van der Waals surface area contributed by atoms with E-state index in [1.807, 2.05) is 24.4 Å². The maximum atomic E-state index is 14.5. The van der Waals surface area contributed by atoms with Crippen molar-refractivity contribution in [2.75, 3.05) is 6.54 Å². The number of likely N-dealkylation sites (tertiary alicyclic amines) is 1. The molecule has 0 radical (unpaired) electrons. The smallest absolute Gasteiger partial charge is 0.325 e. The molecule has 1 fully saturated rings. The van der Waals surface area contributed by atoms with Crippen LogP contribution < -0.4 is 0 Å². The molecule has 1 saturated heterocycles. The monoisotopic (exact) mass is 459 g/mol. The second kappa shape index (κ2) is 8.24. The number of aromatic nitrogens is 3. The van der Waals surface area contributed by atoms with Gasteiger partial charge in [-0.15, -0.1) is 5.10 Å². The van der Waals surface area contributed by atoms with Gasteiger partial charge in [-0.25, -0.2) is 9.07 Å².